The highest BCUT2D eigenvalue weighted by Gasteiger charge is 1.95. The normalized spacial score (nSPS) is 12.2. The topological polar surface area (TPSA) is 58.6 Å². The Morgan fingerprint density at radius 3 is 2.31 bits per heavy atom. The van der Waals surface area contributed by atoms with E-state index in [4.69, 9.17) is 10.9 Å². The van der Waals surface area contributed by atoms with E-state index in [9.17, 15) is 0 Å². The van der Waals surface area contributed by atoms with Crippen LogP contribution in [0, 0.1) is 0 Å². The molecule has 0 bridgehead atoms. The van der Waals surface area contributed by atoms with Crippen LogP contribution in [0.2, 0.25) is 0 Å². The van der Waals surface area contributed by atoms with E-state index in [1.54, 1.807) is 24.3 Å². The van der Waals surface area contributed by atoms with E-state index >= 15 is 0 Å². The van der Waals surface area contributed by atoms with Gasteiger partial charge in [0.05, 0.1) is 0 Å². The zero-order chi connectivity index (χ0) is 10.7. The Balaban J connectivity index is 0. The molecule has 0 aromatic heterocycles. The third kappa shape index (κ3) is 6.87. The van der Waals surface area contributed by atoms with Crippen LogP contribution >= 0.6 is 0 Å². The number of hydrogen-bond donors (Lipinski definition) is 2. The summed E-state index contributed by atoms with van der Waals surface area (Å²) >= 11 is 0. The Labute approximate surface area is 79.9 Å². The minimum atomic E-state index is 0.0861. The maximum Gasteiger partial charge on any atom is 0.170 e. The van der Waals surface area contributed by atoms with Crippen LogP contribution in [0.5, 0.6) is 0 Å². The number of nitrogens with two attached hydrogens (primary N) is 1. The Kier molecular flexibility index (Phi) is 11.3. The van der Waals surface area contributed by atoms with Gasteiger partial charge in [0.15, 0.2) is 5.84 Å². The third-order valence-electron chi connectivity index (χ3n) is 1.05. The van der Waals surface area contributed by atoms with Gasteiger partial charge in [-0.25, -0.2) is 0 Å². The highest BCUT2D eigenvalue weighted by Crippen LogP contribution is 1.96. The molecule has 0 radical (unpaired) electrons. The SMILES string of the molecule is C=C/C=C(\C=C/C)C(/N)=N/O.CC. The molecule has 0 aromatic carbocycles. The minimum absolute atomic E-state index is 0.0861. The molecule has 0 aliphatic rings. The summed E-state index contributed by atoms with van der Waals surface area (Å²) in [5.74, 6) is 0.0861. The van der Waals surface area contributed by atoms with Gasteiger partial charge in [0.2, 0.25) is 0 Å². The molecular formula is C10H18N2O. The number of allylic oxidation sites excluding steroid dienone is 3. The summed E-state index contributed by atoms with van der Waals surface area (Å²) < 4.78 is 0. The number of rotatable bonds is 3. The quantitative estimate of drug-likeness (QED) is 0.231. The summed E-state index contributed by atoms with van der Waals surface area (Å²) in [7, 11) is 0. The van der Waals surface area contributed by atoms with E-state index < -0.39 is 0 Å². The summed E-state index contributed by atoms with van der Waals surface area (Å²) in [4.78, 5) is 0. The lowest BCUT2D eigenvalue weighted by atomic mass is 10.2. The number of hydrogen-bond acceptors (Lipinski definition) is 2. The Hall–Kier alpha value is -1.51. The van der Waals surface area contributed by atoms with Gasteiger partial charge in [0.1, 0.15) is 0 Å². The first-order chi connectivity index (χ1) is 6.26. The second-order valence-corrected chi connectivity index (χ2v) is 1.84. The molecule has 0 aromatic rings. The molecule has 3 nitrogen and oxygen atoms in total. The van der Waals surface area contributed by atoms with Gasteiger partial charge < -0.3 is 10.9 Å². The molecule has 0 aliphatic carbocycles. The smallest absolute Gasteiger partial charge is 0.170 e. The molecule has 13 heavy (non-hydrogen) atoms. The first-order valence-electron chi connectivity index (χ1n) is 4.19. The number of nitrogens with zero attached hydrogens (tertiary/aromatic N) is 1. The molecular weight excluding hydrogens is 164 g/mol. The van der Waals surface area contributed by atoms with Crippen molar-refractivity contribution in [1.29, 1.82) is 0 Å². The van der Waals surface area contributed by atoms with Crippen LogP contribution in [0.4, 0.5) is 0 Å². The lowest BCUT2D eigenvalue weighted by Crippen LogP contribution is -2.13. The van der Waals surface area contributed by atoms with Crippen molar-refractivity contribution in [2.45, 2.75) is 20.8 Å². The van der Waals surface area contributed by atoms with Crippen molar-refractivity contribution in [3.05, 3.63) is 36.5 Å². The van der Waals surface area contributed by atoms with Crippen LogP contribution in [0.1, 0.15) is 20.8 Å². The maximum atomic E-state index is 8.31. The predicted octanol–water partition coefficient (Wildman–Crippen LogP) is 2.45. The van der Waals surface area contributed by atoms with Gasteiger partial charge in [-0.2, -0.15) is 0 Å². The molecule has 0 aliphatic heterocycles. The molecule has 0 unspecified atom stereocenters. The molecule has 0 heterocycles. The molecule has 3 N–H and O–H groups in total. The second-order valence-electron chi connectivity index (χ2n) is 1.84. The number of amidine groups is 1. The van der Waals surface area contributed by atoms with Crippen LogP contribution < -0.4 is 5.73 Å². The van der Waals surface area contributed by atoms with Gasteiger partial charge in [-0.05, 0) is 6.92 Å². The van der Waals surface area contributed by atoms with E-state index in [-0.39, 0.29) is 5.84 Å². The van der Waals surface area contributed by atoms with Crippen LogP contribution in [0.3, 0.4) is 0 Å². The third-order valence-corrected chi connectivity index (χ3v) is 1.05. The summed E-state index contributed by atoms with van der Waals surface area (Å²) in [6.45, 7) is 9.35. The fourth-order valence-electron chi connectivity index (χ4n) is 0.591. The molecule has 0 saturated heterocycles. The van der Waals surface area contributed by atoms with Crippen molar-refractivity contribution < 1.29 is 5.21 Å². The molecule has 74 valence electrons. The highest BCUT2D eigenvalue weighted by molar-refractivity contribution is 5.99. The van der Waals surface area contributed by atoms with Crippen molar-refractivity contribution in [3.63, 3.8) is 0 Å². The van der Waals surface area contributed by atoms with Gasteiger partial charge in [-0.1, -0.05) is 49.9 Å². The molecule has 0 fully saturated rings. The van der Waals surface area contributed by atoms with E-state index in [0.717, 1.165) is 0 Å². The molecule has 0 atom stereocenters. The van der Waals surface area contributed by atoms with E-state index in [1.807, 2.05) is 20.8 Å². The van der Waals surface area contributed by atoms with E-state index in [2.05, 4.69) is 11.7 Å². The van der Waals surface area contributed by atoms with Crippen LogP contribution in [0.15, 0.2) is 41.6 Å². The second kappa shape index (κ2) is 10.5. The monoisotopic (exact) mass is 182 g/mol. The molecule has 0 spiro atoms. The van der Waals surface area contributed by atoms with Crippen molar-refractivity contribution in [1.82, 2.24) is 0 Å². The summed E-state index contributed by atoms with van der Waals surface area (Å²) in [6, 6.07) is 0. The van der Waals surface area contributed by atoms with Crippen LogP contribution in [-0.2, 0) is 0 Å². The summed E-state index contributed by atoms with van der Waals surface area (Å²) in [5.41, 5.74) is 5.97. The van der Waals surface area contributed by atoms with Gasteiger partial charge in [0.25, 0.3) is 0 Å². The maximum absolute atomic E-state index is 8.31. The Morgan fingerprint density at radius 1 is 1.46 bits per heavy atom. The summed E-state index contributed by atoms with van der Waals surface area (Å²) in [5, 5.41) is 11.2. The fraction of sp³-hybridized carbons (Fsp3) is 0.300. The van der Waals surface area contributed by atoms with E-state index in [1.165, 1.54) is 0 Å². The van der Waals surface area contributed by atoms with Gasteiger partial charge in [-0.15, -0.1) is 0 Å². The summed E-state index contributed by atoms with van der Waals surface area (Å²) in [6.07, 6.45) is 6.77. The lowest BCUT2D eigenvalue weighted by Gasteiger charge is -1.95. The zero-order valence-corrected chi connectivity index (χ0v) is 8.49. The average molecular weight is 182 g/mol. The predicted molar refractivity (Wildman–Crippen MR) is 57.9 cm³/mol. The molecule has 0 amide bonds. The average Bonchev–Trinajstić information content (AvgIpc) is 2.19. The van der Waals surface area contributed by atoms with Gasteiger partial charge in [0, 0.05) is 5.57 Å². The molecule has 0 saturated carbocycles. The van der Waals surface area contributed by atoms with Crippen molar-refractivity contribution in [2.24, 2.45) is 10.9 Å². The largest absolute Gasteiger partial charge is 0.409 e. The standard InChI is InChI=1S/C8H12N2O.C2H6/c1-3-5-7(6-4-2)8(9)10-11;1-2/h3-6,11H,1H2,2H3,(H2,9,10);1-2H3/b6-4-,7-5+;. The number of oxime groups is 1. The van der Waals surface area contributed by atoms with Gasteiger partial charge >= 0.3 is 0 Å². The fourth-order valence-corrected chi connectivity index (χ4v) is 0.591. The molecule has 0 rings (SSSR count). The van der Waals surface area contributed by atoms with Crippen molar-refractivity contribution >= 4 is 5.84 Å². The Morgan fingerprint density at radius 2 is 2.00 bits per heavy atom. The Bertz CT molecular complexity index is 215. The van der Waals surface area contributed by atoms with Crippen molar-refractivity contribution in [2.75, 3.05) is 0 Å². The first kappa shape index (κ1) is 14.0. The minimum Gasteiger partial charge on any atom is -0.409 e. The van der Waals surface area contributed by atoms with E-state index in [0.29, 0.717) is 5.57 Å². The van der Waals surface area contributed by atoms with Gasteiger partial charge in [-0.3, -0.25) is 0 Å². The van der Waals surface area contributed by atoms with Crippen LogP contribution in [0.25, 0.3) is 0 Å². The first-order valence-corrected chi connectivity index (χ1v) is 4.19. The lowest BCUT2D eigenvalue weighted by molar-refractivity contribution is 0.318. The van der Waals surface area contributed by atoms with Crippen LogP contribution in [-0.4, -0.2) is 11.0 Å². The van der Waals surface area contributed by atoms with Crippen molar-refractivity contribution in [3.8, 4) is 0 Å². The highest BCUT2D eigenvalue weighted by atomic mass is 16.4. The molecule has 3 heteroatoms. The zero-order valence-electron chi connectivity index (χ0n) is 8.49.